The van der Waals surface area contributed by atoms with Crippen LogP contribution in [0.5, 0.6) is 5.75 Å². The molecule has 8 heteroatoms. The van der Waals surface area contributed by atoms with Crippen LogP contribution < -0.4 is 0 Å². The van der Waals surface area contributed by atoms with Gasteiger partial charge in [-0.05, 0) is 79.8 Å². The molecular formula is C30H35BN2O5. The van der Waals surface area contributed by atoms with Crippen molar-refractivity contribution in [2.75, 3.05) is 6.54 Å². The van der Waals surface area contributed by atoms with Crippen LogP contribution in [0.2, 0.25) is 6.32 Å². The molecule has 2 amide bonds. The zero-order chi connectivity index (χ0) is 26.8. The van der Waals surface area contributed by atoms with Gasteiger partial charge in [0.15, 0.2) is 0 Å². The molecule has 0 unspecified atom stereocenters. The van der Waals surface area contributed by atoms with Crippen LogP contribution in [0, 0.1) is 17.8 Å². The fourth-order valence-corrected chi connectivity index (χ4v) is 6.52. The molecule has 4 atom stereocenters. The summed E-state index contributed by atoms with van der Waals surface area (Å²) in [6, 6.07) is 12.9. The lowest BCUT2D eigenvalue weighted by molar-refractivity contribution is -0.140. The highest BCUT2D eigenvalue weighted by atomic mass is 16.5. The number of rotatable bonds is 8. The summed E-state index contributed by atoms with van der Waals surface area (Å²) in [4.78, 5) is 32.6. The number of amides is 2. The van der Waals surface area contributed by atoms with E-state index in [0.717, 1.165) is 29.7 Å². The Kier molecular flexibility index (Phi) is 7.82. The number of nitrogens with zero attached hydrogens (tertiary/aromatic N) is 2. The van der Waals surface area contributed by atoms with Gasteiger partial charge in [0.05, 0.1) is 23.6 Å². The van der Waals surface area contributed by atoms with Gasteiger partial charge in [-0.2, -0.15) is 0 Å². The summed E-state index contributed by atoms with van der Waals surface area (Å²) in [5.41, 5.74) is 4.73. The number of fused-ring (bicyclic) bond motifs is 3. The molecule has 2 N–H and O–H groups in total. The lowest BCUT2D eigenvalue weighted by Gasteiger charge is -2.43. The number of para-hydroxylation sites is 1. The molecule has 2 aromatic rings. The van der Waals surface area contributed by atoms with E-state index in [1.54, 1.807) is 18.3 Å². The number of likely N-dealkylation sites (tertiary alicyclic amines) is 1. The maximum Gasteiger partial charge on any atom is 0.455 e. The number of aromatic nitrogens is 1. The molecule has 5 rings (SSSR count). The standard InChI is InChI=1S/C30H35BN2O5/c1-3-15-33-29(35)22-17-19(4-2)27-23(28(22)30(33)36)18-31(37)38-26(27)13-12-20(24-10-7-8-14-32-24)16-21-9-5-6-11-25(21)34/h5-11,14,16,22-23,26,28,34,37H,3-4,12-13,15,17-18H2,1-2H3/b20-16-/t22-,23+,26-,28-/m1/s1. The highest BCUT2D eigenvalue weighted by Crippen LogP contribution is 2.51. The molecule has 2 aliphatic heterocycles. The van der Waals surface area contributed by atoms with Gasteiger partial charge in [-0.3, -0.25) is 19.5 Å². The summed E-state index contributed by atoms with van der Waals surface area (Å²) < 4.78 is 6.12. The number of hydrogen-bond acceptors (Lipinski definition) is 6. The second-order valence-corrected chi connectivity index (χ2v) is 10.5. The van der Waals surface area contributed by atoms with E-state index in [0.29, 0.717) is 37.7 Å². The largest absolute Gasteiger partial charge is 0.507 e. The molecule has 3 aliphatic rings. The smallest absolute Gasteiger partial charge is 0.455 e. The molecule has 1 aromatic carbocycles. The Bertz CT molecular complexity index is 1260. The lowest BCUT2D eigenvalue weighted by atomic mass is 9.58. The molecule has 198 valence electrons. The highest BCUT2D eigenvalue weighted by molar-refractivity contribution is 6.43. The van der Waals surface area contributed by atoms with Crippen LogP contribution in [-0.4, -0.2) is 51.6 Å². The van der Waals surface area contributed by atoms with E-state index in [1.165, 1.54) is 10.5 Å². The van der Waals surface area contributed by atoms with E-state index >= 15 is 0 Å². The Morgan fingerprint density at radius 3 is 2.63 bits per heavy atom. The lowest BCUT2D eigenvalue weighted by Crippen LogP contribution is -2.46. The molecule has 0 spiro atoms. The van der Waals surface area contributed by atoms with Crippen LogP contribution in [0.1, 0.15) is 57.2 Å². The first-order chi connectivity index (χ1) is 18.4. The minimum Gasteiger partial charge on any atom is -0.507 e. The molecular weight excluding hydrogens is 479 g/mol. The molecule has 0 saturated carbocycles. The van der Waals surface area contributed by atoms with Gasteiger partial charge in [-0.15, -0.1) is 0 Å². The van der Waals surface area contributed by atoms with Crippen molar-refractivity contribution in [2.45, 2.75) is 58.4 Å². The normalized spacial score (nSPS) is 25.6. The minimum atomic E-state index is -0.991. The topological polar surface area (TPSA) is 100.0 Å². The number of pyridine rings is 1. The number of phenolic OH excluding ortho intramolecular Hbond substituents is 1. The Balaban J connectivity index is 1.46. The number of imide groups is 1. The first kappa shape index (κ1) is 26.4. The minimum absolute atomic E-state index is 0.0626. The van der Waals surface area contributed by atoms with Gasteiger partial charge >= 0.3 is 7.12 Å². The average molecular weight is 514 g/mol. The molecule has 0 bridgehead atoms. The van der Waals surface area contributed by atoms with Crippen molar-refractivity contribution in [3.8, 4) is 5.75 Å². The van der Waals surface area contributed by atoms with Crippen molar-refractivity contribution in [3.05, 3.63) is 71.1 Å². The fraction of sp³-hybridized carbons (Fsp3) is 0.433. The number of phenols is 1. The van der Waals surface area contributed by atoms with Crippen LogP contribution in [0.25, 0.3) is 11.6 Å². The summed E-state index contributed by atoms with van der Waals surface area (Å²) >= 11 is 0. The highest BCUT2D eigenvalue weighted by Gasteiger charge is 2.56. The zero-order valence-electron chi connectivity index (χ0n) is 22.0. The number of carbonyl (C=O) groups excluding carboxylic acids is 2. The summed E-state index contributed by atoms with van der Waals surface area (Å²) in [6.45, 7) is 4.51. The van der Waals surface area contributed by atoms with Crippen molar-refractivity contribution >= 4 is 30.6 Å². The number of carbonyl (C=O) groups is 2. The van der Waals surface area contributed by atoms with Crippen LogP contribution in [0.15, 0.2) is 59.8 Å². The van der Waals surface area contributed by atoms with Gasteiger partial charge in [0.25, 0.3) is 0 Å². The van der Waals surface area contributed by atoms with Gasteiger partial charge < -0.3 is 14.8 Å². The van der Waals surface area contributed by atoms with E-state index in [9.17, 15) is 19.7 Å². The molecule has 7 nitrogen and oxygen atoms in total. The maximum absolute atomic E-state index is 13.4. The first-order valence-electron chi connectivity index (χ1n) is 13.7. The first-order valence-corrected chi connectivity index (χ1v) is 13.7. The molecule has 2 fully saturated rings. The quantitative estimate of drug-likeness (QED) is 0.300. The van der Waals surface area contributed by atoms with Crippen molar-refractivity contribution in [1.82, 2.24) is 9.88 Å². The van der Waals surface area contributed by atoms with E-state index < -0.39 is 13.0 Å². The van der Waals surface area contributed by atoms with Crippen molar-refractivity contribution in [1.29, 1.82) is 0 Å². The van der Waals surface area contributed by atoms with Crippen LogP contribution in [-0.2, 0) is 14.2 Å². The second kappa shape index (κ2) is 11.3. The third-order valence-electron chi connectivity index (χ3n) is 8.21. The summed E-state index contributed by atoms with van der Waals surface area (Å²) in [5.74, 6) is -0.925. The molecule has 0 radical (unpaired) electrons. The molecule has 1 aliphatic carbocycles. The third-order valence-corrected chi connectivity index (χ3v) is 8.21. The van der Waals surface area contributed by atoms with Gasteiger partial charge in [0, 0.05) is 18.3 Å². The average Bonchev–Trinajstić information content (AvgIpc) is 3.16. The van der Waals surface area contributed by atoms with E-state index in [4.69, 9.17) is 4.65 Å². The Labute approximate surface area is 224 Å². The molecule has 38 heavy (non-hydrogen) atoms. The summed E-state index contributed by atoms with van der Waals surface area (Å²) in [6.07, 6.45) is 6.93. The van der Waals surface area contributed by atoms with Crippen LogP contribution in [0.4, 0.5) is 0 Å². The number of aromatic hydroxyl groups is 1. The summed E-state index contributed by atoms with van der Waals surface area (Å²) in [5, 5.41) is 21.1. The zero-order valence-corrected chi connectivity index (χ0v) is 22.0. The number of hydrogen-bond donors (Lipinski definition) is 2. The number of allylic oxidation sites excluding steroid dienone is 2. The van der Waals surface area contributed by atoms with Gasteiger partial charge in [-0.1, -0.05) is 43.7 Å². The number of benzene rings is 1. The molecule has 3 heterocycles. The van der Waals surface area contributed by atoms with Gasteiger partial charge in [0.2, 0.25) is 11.8 Å². The van der Waals surface area contributed by atoms with Crippen LogP contribution >= 0.6 is 0 Å². The van der Waals surface area contributed by atoms with E-state index in [2.05, 4.69) is 11.9 Å². The second-order valence-electron chi connectivity index (χ2n) is 10.5. The van der Waals surface area contributed by atoms with E-state index in [1.807, 2.05) is 43.3 Å². The predicted molar refractivity (Wildman–Crippen MR) is 147 cm³/mol. The maximum atomic E-state index is 13.4. The molecule has 2 saturated heterocycles. The SMILES string of the molecule is CCCN1C(=O)[C@@H]2[C@@H](CC(CC)=C3[C@@H](CC/C(=C/c4ccccc4O)c4ccccn4)OB(O)C[C@@H]32)C1=O. The Morgan fingerprint density at radius 2 is 1.92 bits per heavy atom. The third kappa shape index (κ3) is 4.95. The monoisotopic (exact) mass is 514 g/mol. The van der Waals surface area contributed by atoms with Gasteiger partial charge in [-0.25, -0.2) is 0 Å². The Hall–Kier alpha value is -3.23. The van der Waals surface area contributed by atoms with Crippen LogP contribution in [0.3, 0.4) is 0 Å². The van der Waals surface area contributed by atoms with Crippen molar-refractivity contribution in [3.63, 3.8) is 0 Å². The van der Waals surface area contributed by atoms with Crippen molar-refractivity contribution in [2.24, 2.45) is 17.8 Å². The van der Waals surface area contributed by atoms with E-state index in [-0.39, 0.29) is 35.5 Å². The predicted octanol–water partition coefficient (Wildman–Crippen LogP) is 4.73. The molecule has 1 aromatic heterocycles. The van der Waals surface area contributed by atoms with Crippen molar-refractivity contribution < 1.29 is 24.4 Å². The van der Waals surface area contributed by atoms with Gasteiger partial charge in [0.1, 0.15) is 5.75 Å². The summed E-state index contributed by atoms with van der Waals surface area (Å²) in [7, 11) is -0.991. The Morgan fingerprint density at radius 1 is 1.13 bits per heavy atom. The fourth-order valence-electron chi connectivity index (χ4n) is 6.52.